The molecule has 0 bridgehead atoms. The van der Waals surface area contributed by atoms with Crippen LogP contribution in [0.4, 0.5) is 0 Å². The van der Waals surface area contributed by atoms with Crippen LogP contribution in [0.15, 0.2) is 54.6 Å². The van der Waals surface area contributed by atoms with E-state index in [1.165, 1.54) is 5.56 Å². The summed E-state index contributed by atoms with van der Waals surface area (Å²) in [7, 11) is 0. The molecule has 2 rings (SSSR count). The van der Waals surface area contributed by atoms with Crippen LogP contribution in [0.1, 0.15) is 12.5 Å². The Labute approximate surface area is 149 Å². The fourth-order valence-corrected chi connectivity index (χ4v) is 2.36. The predicted octanol–water partition coefficient (Wildman–Crippen LogP) is 3.17. The zero-order chi connectivity index (χ0) is 17.0. The van der Waals surface area contributed by atoms with E-state index >= 15 is 0 Å². The Hall–Kier alpha value is -2.27. The third-order valence-corrected chi connectivity index (χ3v) is 3.62. The average molecular weight is 344 g/mol. The number of hydrogen-bond donors (Lipinski definition) is 2. The van der Waals surface area contributed by atoms with Crippen molar-refractivity contribution in [2.24, 2.45) is 0 Å². The number of rotatable bonds is 9. The highest BCUT2D eigenvalue weighted by Gasteiger charge is 1.98. The third-order valence-electron chi connectivity index (χ3n) is 3.33. The fraction of sp³-hybridized carbons (Fsp3) is 0.316. The summed E-state index contributed by atoms with van der Waals surface area (Å²) in [6.07, 6.45) is 0.950. The summed E-state index contributed by atoms with van der Waals surface area (Å²) in [5.41, 5.74) is 1.30. The maximum Gasteiger partial charge on any atom is 0.166 e. The minimum Gasteiger partial charge on any atom is -0.494 e. The van der Waals surface area contributed by atoms with E-state index in [9.17, 15) is 0 Å². The summed E-state index contributed by atoms with van der Waals surface area (Å²) >= 11 is 5.25. The quantitative estimate of drug-likeness (QED) is 0.540. The Kier molecular flexibility index (Phi) is 7.90. The van der Waals surface area contributed by atoms with Crippen LogP contribution < -0.4 is 20.1 Å². The van der Waals surface area contributed by atoms with Gasteiger partial charge in [-0.05, 0) is 55.4 Å². The van der Waals surface area contributed by atoms with Gasteiger partial charge >= 0.3 is 0 Å². The van der Waals surface area contributed by atoms with Crippen LogP contribution in [-0.4, -0.2) is 31.4 Å². The molecule has 2 N–H and O–H groups in total. The molecule has 24 heavy (non-hydrogen) atoms. The molecule has 0 radical (unpaired) electrons. The maximum absolute atomic E-state index is 5.66. The predicted molar refractivity (Wildman–Crippen MR) is 102 cm³/mol. The number of ether oxygens (including phenoxy) is 2. The second kappa shape index (κ2) is 10.5. The molecule has 128 valence electrons. The molecule has 0 aliphatic rings. The first kappa shape index (κ1) is 18.1. The molecule has 0 unspecified atom stereocenters. The molecule has 5 heteroatoms. The zero-order valence-electron chi connectivity index (χ0n) is 14.0. The molecule has 0 aliphatic carbocycles. The Balaban J connectivity index is 1.55. The van der Waals surface area contributed by atoms with E-state index in [1.54, 1.807) is 0 Å². The molecule has 4 nitrogen and oxygen atoms in total. The molecule has 0 saturated carbocycles. The van der Waals surface area contributed by atoms with Gasteiger partial charge in [0.2, 0.25) is 0 Å². The largest absolute Gasteiger partial charge is 0.494 e. The molecule has 0 saturated heterocycles. The molecule has 0 aliphatic heterocycles. The Morgan fingerprint density at radius 3 is 2.17 bits per heavy atom. The topological polar surface area (TPSA) is 42.5 Å². The van der Waals surface area contributed by atoms with Crippen molar-refractivity contribution in [3.8, 4) is 11.5 Å². The van der Waals surface area contributed by atoms with Gasteiger partial charge in [0.05, 0.1) is 13.2 Å². The summed E-state index contributed by atoms with van der Waals surface area (Å²) in [6, 6.07) is 18.0. The van der Waals surface area contributed by atoms with Gasteiger partial charge in [0.25, 0.3) is 0 Å². The van der Waals surface area contributed by atoms with E-state index in [1.807, 2.05) is 49.4 Å². The van der Waals surface area contributed by atoms with Gasteiger partial charge in [0.15, 0.2) is 5.11 Å². The first-order valence-corrected chi connectivity index (χ1v) is 8.60. The lowest BCUT2D eigenvalue weighted by Gasteiger charge is -2.11. The maximum atomic E-state index is 5.66. The van der Waals surface area contributed by atoms with Crippen LogP contribution in [0, 0.1) is 0 Å². The summed E-state index contributed by atoms with van der Waals surface area (Å²) in [6.45, 7) is 4.65. The van der Waals surface area contributed by atoms with Crippen LogP contribution in [0.25, 0.3) is 0 Å². The van der Waals surface area contributed by atoms with Gasteiger partial charge in [-0.15, -0.1) is 0 Å². The molecule has 0 amide bonds. The standard InChI is InChI=1S/C19H24N2O2S/c1-2-22-17-8-10-18(11-9-17)23-15-14-21-19(24)20-13-12-16-6-4-3-5-7-16/h3-11H,2,12-15H2,1H3,(H2,20,21,24). The molecule has 0 heterocycles. The van der Waals surface area contributed by atoms with Gasteiger partial charge in [-0.25, -0.2) is 0 Å². The van der Waals surface area contributed by atoms with Crippen molar-refractivity contribution in [3.05, 3.63) is 60.2 Å². The average Bonchev–Trinajstić information content (AvgIpc) is 2.61. The lowest BCUT2D eigenvalue weighted by atomic mass is 10.1. The zero-order valence-corrected chi connectivity index (χ0v) is 14.8. The lowest BCUT2D eigenvalue weighted by Crippen LogP contribution is -2.38. The summed E-state index contributed by atoms with van der Waals surface area (Å²) < 4.78 is 11.1. The molecule has 2 aromatic rings. The first-order chi connectivity index (χ1) is 11.8. The Bertz CT molecular complexity index is 603. The van der Waals surface area contributed by atoms with Crippen LogP contribution in [-0.2, 0) is 6.42 Å². The van der Waals surface area contributed by atoms with Crippen LogP contribution in [0.5, 0.6) is 11.5 Å². The van der Waals surface area contributed by atoms with Gasteiger partial charge in [-0.2, -0.15) is 0 Å². The van der Waals surface area contributed by atoms with Crippen LogP contribution >= 0.6 is 12.2 Å². The molecule has 0 fully saturated rings. The molecule has 2 aromatic carbocycles. The second-order valence-corrected chi connectivity index (χ2v) is 5.58. The minimum atomic E-state index is 0.550. The normalized spacial score (nSPS) is 10.0. The van der Waals surface area contributed by atoms with Gasteiger partial charge < -0.3 is 20.1 Å². The Morgan fingerprint density at radius 1 is 0.875 bits per heavy atom. The van der Waals surface area contributed by atoms with Crippen molar-refractivity contribution in [2.45, 2.75) is 13.3 Å². The van der Waals surface area contributed by atoms with E-state index < -0.39 is 0 Å². The van der Waals surface area contributed by atoms with E-state index in [2.05, 4.69) is 22.8 Å². The highest BCUT2D eigenvalue weighted by molar-refractivity contribution is 7.80. The molecule has 0 aromatic heterocycles. The van der Waals surface area contributed by atoms with Crippen molar-refractivity contribution in [1.29, 1.82) is 0 Å². The number of hydrogen-bond acceptors (Lipinski definition) is 3. The van der Waals surface area contributed by atoms with Gasteiger partial charge in [0, 0.05) is 6.54 Å². The highest BCUT2D eigenvalue weighted by atomic mass is 32.1. The molecular weight excluding hydrogens is 320 g/mol. The van der Waals surface area contributed by atoms with E-state index in [4.69, 9.17) is 21.7 Å². The van der Waals surface area contributed by atoms with Gasteiger partial charge in [-0.3, -0.25) is 0 Å². The number of benzene rings is 2. The van der Waals surface area contributed by atoms with E-state index in [0.29, 0.717) is 24.9 Å². The van der Waals surface area contributed by atoms with Crippen molar-refractivity contribution in [3.63, 3.8) is 0 Å². The smallest absolute Gasteiger partial charge is 0.166 e. The van der Waals surface area contributed by atoms with Crippen LogP contribution in [0.2, 0.25) is 0 Å². The fourth-order valence-electron chi connectivity index (χ4n) is 2.16. The molecule has 0 spiro atoms. The van der Waals surface area contributed by atoms with Gasteiger partial charge in [-0.1, -0.05) is 30.3 Å². The van der Waals surface area contributed by atoms with Gasteiger partial charge in [0.1, 0.15) is 18.1 Å². The van der Waals surface area contributed by atoms with Crippen molar-refractivity contribution < 1.29 is 9.47 Å². The summed E-state index contributed by atoms with van der Waals surface area (Å²) in [5.74, 6) is 1.68. The molecular formula is C19H24N2O2S. The van der Waals surface area contributed by atoms with Crippen molar-refractivity contribution in [1.82, 2.24) is 10.6 Å². The summed E-state index contributed by atoms with van der Waals surface area (Å²) in [4.78, 5) is 0. The third kappa shape index (κ3) is 6.87. The van der Waals surface area contributed by atoms with E-state index in [-0.39, 0.29) is 0 Å². The molecule has 0 atom stereocenters. The summed E-state index contributed by atoms with van der Waals surface area (Å²) in [5, 5.41) is 6.99. The SMILES string of the molecule is CCOc1ccc(OCCNC(=S)NCCc2ccccc2)cc1. The van der Waals surface area contributed by atoms with E-state index in [0.717, 1.165) is 24.5 Å². The highest BCUT2D eigenvalue weighted by Crippen LogP contribution is 2.17. The first-order valence-electron chi connectivity index (χ1n) is 8.19. The van der Waals surface area contributed by atoms with Crippen molar-refractivity contribution >= 4 is 17.3 Å². The monoisotopic (exact) mass is 344 g/mol. The number of nitrogens with one attached hydrogen (secondary N) is 2. The number of thiocarbonyl (C=S) groups is 1. The second-order valence-electron chi connectivity index (χ2n) is 5.17. The Morgan fingerprint density at radius 2 is 1.50 bits per heavy atom. The minimum absolute atomic E-state index is 0.550. The lowest BCUT2D eigenvalue weighted by molar-refractivity contribution is 0.318. The van der Waals surface area contributed by atoms with Crippen molar-refractivity contribution in [2.75, 3.05) is 26.3 Å². The van der Waals surface area contributed by atoms with Crippen LogP contribution in [0.3, 0.4) is 0 Å².